The summed E-state index contributed by atoms with van der Waals surface area (Å²) in [6.07, 6.45) is 13.1. The molecule has 176 valence electrons. The molecule has 3 aliphatic carbocycles. The maximum Gasteiger partial charge on any atom is 0.126 e. The molecular formula is C32H42O. The van der Waals surface area contributed by atoms with E-state index in [1.807, 2.05) is 7.11 Å². The van der Waals surface area contributed by atoms with E-state index in [-0.39, 0.29) is 10.8 Å². The maximum absolute atomic E-state index is 6.08. The number of fused-ring (bicyclic) bond motifs is 2. The third-order valence-corrected chi connectivity index (χ3v) is 8.34. The molecule has 0 bridgehead atoms. The second-order valence-corrected chi connectivity index (χ2v) is 12.8. The molecule has 0 N–H and O–H groups in total. The first-order valence-corrected chi connectivity index (χ1v) is 13.2. The first-order valence-electron chi connectivity index (χ1n) is 13.2. The summed E-state index contributed by atoms with van der Waals surface area (Å²) in [4.78, 5) is 0. The van der Waals surface area contributed by atoms with Crippen LogP contribution in [0.1, 0.15) is 107 Å². The lowest BCUT2D eigenvalue weighted by molar-refractivity contribution is 0.381. The third kappa shape index (κ3) is 3.96. The van der Waals surface area contributed by atoms with Crippen LogP contribution in [0.25, 0.3) is 17.2 Å². The molecule has 0 radical (unpaired) electrons. The number of rotatable bonds is 3. The van der Waals surface area contributed by atoms with E-state index >= 15 is 0 Å². The van der Waals surface area contributed by atoms with Crippen molar-refractivity contribution in [1.29, 1.82) is 0 Å². The van der Waals surface area contributed by atoms with E-state index in [1.165, 1.54) is 67.2 Å². The van der Waals surface area contributed by atoms with Crippen LogP contribution in [0.3, 0.4) is 0 Å². The monoisotopic (exact) mass is 442 g/mol. The molecule has 3 aliphatic rings. The molecule has 1 fully saturated rings. The van der Waals surface area contributed by atoms with Gasteiger partial charge in [0.15, 0.2) is 0 Å². The molecule has 2 aromatic rings. The van der Waals surface area contributed by atoms with Crippen molar-refractivity contribution in [3.05, 3.63) is 57.2 Å². The van der Waals surface area contributed by atoms with Crippen LogP contribution in [0.15, 0.2) is 23.8 Å². The van der Waals surface area contributed by atoms with Crippen molar-refractivity contribution in [2.24, 2.45) is 5.92 Å². The van der Waals surface area contributed by atoms with Gasteiger partial charge in [-0.05, 0) is 101 Å². The summed E-state index contributed by atoms with van der Waals surface area (Å²) in [7, 11) is 1.84. The fraction of sp³-hybridized carbons (Fsp3) is 0.562. The quantitative estimate of drug-likeness (QED) is 0.462. The van der Waals surface area contributed by atoms with Gasteiger partial charge in [-0.3, -0.25) is 0 Å². The molecule has 1 nitrogen and oxygen atoms in total. The maximum atomic E-state index is 6.08. The van der Waals surface area contributed by atoms with E-state index in [1.54, 1.807) is 27.8 Å². The lowest BCUT2D eigenvalue weighted by Crippen LogP contribution is -2.19. The summed E-state index contributed by atoms with van der Waals surface area (Å²) in [5.74, 6) is 1.89. The molecule has 2 aromatic carbocycles. The van der Waals surface area contributed by atoms with Gasteiger partial charge in [-0.25, -0.2) is 0 Å². The van der Waals surface area contributed by atoms with Gasteiger partial charge in [0.1, 0.15) is 5.75 Å². The zero-order chi connectivity index (χ0) is 23.5. The number of allylic oxidation sites excluding steroid dienone is 1. The van der Waals surface area contributed by atoms with Crippen molar-refractivity contribution in [2.45, 2.75) is 104 Å². The highest BCUT2D eigenvalue weighted by Crippen LogP contribution is 2.48. The summed E-state index contributed by atoms with van der Waals surface area (Å²) in [6.45, 7) is 13.9. The Bertz CT molecular complexity index is 1080. The number of hydrogen-bond donors (Lipinski definition) is 0. The first-order chi connectivity index (χ1) is 15.6. The fourth-order valence-corrected chi connectivity index (χ4v) is 6.60. The standard InChI is InChI=1S/C32H42O/c1-31(2,3)27-18-24(19-28(30(27)33-7)32(4,5)6)29-25-14-10-13-21(25)15-23-16-22(17-26(23)29)20-11-8-9-12-20/h15-16,18-20H,8-14,17H2,1-7H3. The summed E-state index contributed by atoms with van der Waals surface area (Å²) >= 11 is 0. The molecule has 0 saturated heterocycles. The number of hydrogen-bond acceptors (Lipinski definition) is 1. The molecular weight excluding hydrogens is 400 g/mol. The van der Waals surface area contributed by atoms with E-state index in [4.69, 9.17) is 4.74 Å². The van der Waals surface area contributed by atoms with Gasteiger partial charge in [0.05, 0.1) is 7.11 Å². The molecule has 0 aliphatic heterocycles. The van der Waals surface area contributed by atoms with Crippen LogP contribution >= 0.6 is 0 Å². The average Bonchev–Trinajstić information content (AvgIpc) is 3.49. The summed E-state index contributed by atoms with van der Waals surface area (Å²) in [5, 5.41) is 0. The van der Waals surface area contributed by atoms with Crippen LogP contribution in [0.5, 0.6) is 5.75 Å². The summed E-state index contributed by atoms with van der Waals surface area (Å²) in [6, 6.07) is 7.48. The Hall–Kier alpha value is -2.02. The van der Waals surface area contributed by atoms with E-state index in [0.717, 1.165) is 18.1 Å². The molecule has 33 heavy (non-hydrogen) atoms. The van der Waals surface area contributed by atoms with Gasteiger partial charge in [-0.1, -0.05) is 72.1 Å². The van der Waals surface area contributed by atoms with Gasteiger partial charge in [0, 0.05) is 11.1 Å². The molecule has 1 saturated carbocycles. The van der Waals surface area contributed by atoms with Crippen molar-refractivity contribution in [3.63, 3.8) is 0 Å². The van der Waals surface area contributed by atoms with Gasteiger partial charge in [-0.2, -0.15) is 0 Å². The molecule has 0 aromatic heterocycles. The predicted molar refractivity (Wildman–Crippen MR) is 141 cm³/mol. The lowest BCUT2D eigenvalue weighted by Gasteiger charge is -2.30. The van der Waals surface area contributed by atoms with Gasteiger partial charge in [0.25, 0.3) is 0 Å². The van der Waals surface area contributed by atoms with Crippen LogP contribution in [0.2, 0.25) is 0 Å². The second kappa shape index (κ2) is 8.03. The van der Waals surface area contributed by atoms with Crippen LogP contribution < -0.4 is 4.74 Å². The molecule has 0 amide bonds. The highest BCUT2D eigenvalue weighted by atomic mass is 16.5. The highest BCUT2D eigenvalue weighted by Gasteiger charge is 2.32. The van der Waals surface area contributed by atoms with Crippen molar-refractivity contribution in [2.75, 3.05) is 7.11 Å². The van der Waals surface area contributed by atoms with Crippen molar-refractivity contribution in [1.82, 2.24) is 0 Å². The Kier molecular flexibility index (Phi) is 5.54. The van der Waals surface area contributed by atoms with E-state index in [9.17, 15) is 0 Å². The van der Waals surface area contributed by atoms with Crippen LogP contribution in [0, 0.1) is 5.92 Å². The van der Waals surface area contributed by atoms with E-state index in [2.05, 4.69) is 65.8 Å². The van der Waals surface area contributed by atoms with Crippen LogP contribution in [-0.4, -0.2) is 7.11 Å². The minimum Gasteiger partial charge on any atom is -0.496 e. The Balaban J connectivity index is 1.73. The van der Waals surface area contributed by atoms with Gasteiger partial charge in [0.2, 0.25) is 0 Å². The Morgan fingerprint density at radius 1 is 0.788 bits per heavy atom. The Labute approximate surface area is 201 Å². The Morgan fingerprint density at radius 2 is 1.42 bits per heavy atom. The molecule has 0 unspecified atom stereocenters. The molecule has 5 rings (SSSR count). The van der Waals surface area contributed by atoms with Crippen LogP contribution in [-0.2, 0) is 30.1 Å². The lowest BCUT2D eigenvalue weighted by atomic mass is 9.76. The van der Waals surface area contributed by atoms with Crippen molar-refractivity contribution < 1.29 is 4.74 Å². The summed E-state index contributed by atoms with van der Waals surface area (Å²) in [5.41, 5.74) is 13.7. The zero-order valence-electron chi connectivity index (χ0n) is 22.0. The average molecular weight is 443 g/mol. The van der Waals surface area contributed by atoms with Gasteiger partial charge in [-0.15, -0.1) is 0 Å². The van der Waals surface area contributed by atoms with Gasteiger partial charge < -0.3 is 4.74 Å². The topological polar surface area (TPSA) is 9.23 Å². The minimum atomic E-state index is 0.0235. The Morgan fingerprint density at radius 3 is 2.00 bits per heavy atom. The highest BCUT2D eigenvalue weighted by molar-refractivity contribution is 5.83. The first kappa shape index (κ1) is 22.8. The molecule has 0 spiro atoms. The third-order valence-electron chi connectivity index (χ3n) is 8.34. The smallest absolute Gasteiger partial charge is 0.126 e. The molecule has 1 heteroatoms. The SMILES string of the molecule is COc1c(C(C)(C)C)cc(-c2c3c(cc4c2CCC4)C=C(C2CCCC2)C3)cc1C(C)(C)C. The normalized spacial score (nSPS) is 18.5. The molecule has 0 heterocycles. The number of benzene rings is 2. The van der Waals surface area contributed by atoms with E-state index < -0.39 is 0 Å². The van der Waals surface area contributed by atoms with Crippen molar-refractivity contribution >= 4 is 6.08 Å². The zero-order valence-corrected chi connectivity index (χ0v) is 22.0. The largest absolute Gasteiger partial charge is 0.496 e. The molecule has 0 atom stereocenters. The second-order valence-electron chi connectivity index (χ2n) is 12.8. The van der Waals surface area contributed by atoms with Crippen LogP contribution in [0.4, 0.5) is 0 Å². The summed E-state index contributed by atoms with van der Waals surface area (Å²) < 4.78 is 6.08. The van der Waals surface area contributed by atoms with Crippen molar-refractivity contribution in [3.8, 4) is 16.9 Å². The predicted octanol–water partition coefficient (Wildman–Crippen LogP) is 8.58. The van der Waals surface area contributed by atoms with E-state index in [0.29, 0.717) is 0 Å². The number of ether oxygens (including phenoxy) is 1. The number of aryl methyl sites for hydroxylation is 1. The number of methoxy groups -OCH3 is 1. The minimum absolute atomic E-state index is 0.0235. The fourth-order valence-electron chi connectivity index (χ4n) is 6.60. The van der Waals surface area contributed by atoms with Gasteiger partial charge >= 0.3 is 0 Å².